The maximum Gasteiger partial charge on any atom is 0.220 e. The third kappa shape index (κ3) is 4.30. The van der Waals surface area contributed by atoms with Crippen LogP contribution in [0.1, 0.15) is 51.9 Å². The molecule has 0 bridgehead atoms. The van der Waals surface area contributed by atoms with Crippen LogP contribution in [0.3, 0.4) is 0 Å². The molecule has 2 rings (SSSR count). The standard InChI is InChI=1S/C14H26N2O/c1-11-2-4-13(5-3-11)16-14(17)10-12-6-8-15-9-7-12/h11-13,15H,2-10H2,1H3,(H,16,17). The van der Waals surface area contributed by atoms with Gasteiger partial charge in [0.25, 0.3) is 0 Å². The first-order valence-electron chi connectivity index (χ1n) is 7.24. The minimum absolute atomic E-state index is 0.288. The van der Waals surface area contributed by atoms with Gasteiger partial charge in [-0.2, -0.15) is 0 Å². The Morgan fingerprint density at radius 3 is 2.41 bits per heavy atom. The number of hydrogen-bond acceptors (Lipinski definition) is 2. The number of rotatable bonds is 3. The van der Waals surface area contributed by atoms with E-state index >= 15 is 0 Å². The number of hydrogen-bond donors (Lipinski definition) is 2. The van der Waals surface area contributed by atoms with Gasteiger partial charge in [0.05, 0.1) is 0 Å². The van der Waals surface area contributed by atoms with Gasteiger partial charge in [-0.05, 0) is 63.5 Å². The molecule has 0 unspecified atom stereocenters. The summed E-state index contributed by atoms with van der Waals surface area (Å²) in [5.74, 6) is 1.75. The van der Waals surface area contributed by atoms with Gasteiger partial charge < -0.3 is 10.6 Å². The first-order valence-corrected chi connectivity index (χ1v) is 7.24. The van der Waals surface area contributed by atoms with Crippen LogP contribution in [0.5, 0.6) is 0 Å². The highest BCUT2D eigenvalue weighted by atomic mass is 16.1. The fraction of sp³-hybridized carbons (Fsp3) is 0.929. The Bertz CT molecular complexity index is 241. The van der Waals surface area contributed by atoms with Gasteiger partial charge in [0, 0.05) is 12.5 Å². The largest absolute Gasteiger partial charge is 0.353 e. The topological polar surface area (TPSA) is 41.1 Å². The molecule has 98 valence electrons. The maximum atomic E-state index is 11.9. The maximum absolute atomic E-state index is 11.9. The zero-order chi connectivity index (χ0) is 12.1. The van der Waals surface area contributed by atoms with E-state index in [1.54, 1.807) is 0 Å². The molecule has 0 spiro atoms. The molecule has 1 aliphatic heterocycles. The summed E-state index contributed by atoms with van der Waals surface area (Å²) in [7, 11) is 0. The predicted molar refractivity (Wildman–Crippen MR) is 69.8 cm³/mol. The van der Waals surface area contributed by atoms with Crippen LogP contribution in [-0.2, 0) is 4.79 Å². The van der Waals surface area contributed by atoms with E-state index in [-0.39, 0.29) is 5.91 Å². The van der Waals surface area contributed by atoms with Crippen molar-refractivity contribution in [3.05, 3.63) is 0 Å². The fourth-order valence-electron chi connectivity index (χ4n) is 3.04. The molecular formula is C14H26N2O. The van der Waals surface area contributed by atoms with E-state index in [1.165, 1.54) is 25.7 Å². The van der Waals surface area contributed by atoms with Crippen LogP contribution < -0.4 is 10.6 Å². The molecule has 1 amide bonds. The van der Waals surface area contributed by atoms with Gasteiger partial charge in [-0.15, -0.1) is 0 Å². The van der Waals surface area contributed by atoms with Gasteiger partial charge in [0.15, 0.2) is 0 Å². The van der Waals surface area contributed by atoms with Gasteiger partial charge in [-0.25, -0.2) is 0 Å². The second kappa shape index (κ2) is 6.39. The Kier molecular flexibility index (Phi) is 4.84. The molecule has 1 aliphatic carbocycles. The van der Waals surface area contributed by atoms with E-state index in [4.69, 9.17) is 0 Å². The quantitative estimate of drug-likeness (QED) is 0.790. The predicted octanol–water partition coefficient (Wildman–Crippen LogP) is 2.07. The number of piperidine rings is 1. The number of carbonyl (C=O) groups is 1. The Morgan fingerprint density at radius 2 is 1.76 bits per heavy atom. The smallest absolute Gasteiger partial charge is 0.220 e. The molecule has 0 aromatic carbocycles. The lowest BCUT2D eigenvalue weighted by Crippen LogP contribution is -2.39. The van der Waals surface area contributed by atoms with Crippen molar-refractivity contribution in [3.63, 3.8) is 0 Å². The van der Waals surface area contributed by atoms with Crippen LogP contribution >= 0.6 is 0 Å². The normalized spacial score (nSPS) is 31.1. The molecule has 17 heavy (non-hydrogen) atoms. The Morgan fingerprint density at radius 1 is 1.12 bits per heavy atom. The first kappa shape index (κ1) is 12.9. The van der Waals surface area contributed by atoms with Crippen molar-refractivity contribution in [3.8, 4) is 0 Å². The molecule has 1 heterocycles. The average Bonchev–Trinajstić information content (AvgIpc) is 2.33. The van der Waals surface area contributed by atoms with Gasteiger partial charge >= 0.3 is 0 Å². The first-order chi connectivity index (χ1) is 8.24. The lowest BCUT2D eigenvalue weighted by atomic mass is 9.87. The molecule has 0 atom stereocenters. The zero-order valence-corrected chi connectivity index (χ0v) is 11.0. The lowest BCUT2D eigenvalue weighted by Gasteiger charge is -2.28. The number of nitrogens with one attached hydrogen (secondary N) is 2. The second-order valence-electron chi connectivity index (χ2n) is 5.92. The van der Waals surface area contributed by atoms with E-state index in [0.717, 1.165) is 38.3 Å². The third-order valence-corrected chi connectivity index (χ3v) is 4.31. The molecule has 2 aliphatic rings. The molecule has 2 N–H and O–H groups in total. The Labute approximate surface area is 105 Å². The molecule has 1 saturated carbocycles. The highest BCUT2D eigenvalue weighted by Crippen LogP contribution is 2.24. The molecular weight excluding hydrogens is 212 g/mol. The van der Waals surface area contributed by atoms with Gasteiger partial charge in [-0.3, -0.25) is 4.79 Å². The van der Waals surface area contributed by atoms with Gasteiger partial charge in [-0.1, -0.05) is 6.92 Å². The highest BCUT2D eigenvalue weighted by Gasteiger charge is 2.22. The van der Waals surface area contributed by atoms with E-state index in [9.17, 15) is 4.79 Å². The van der Waals surface area contributed by atoms with Gasteiger partial charge in [0.1, 0.15) is 0 Å². The van der Waals surface area contributed by atoms with E-state index in [2.05, 4.69) is 17.6 Å². The summed E-state index contributed by atoms with van der Waals surface area (Å²) in [4.78, 5) is 11.9. The number of carbonyl (C=O) groups excluding carboxylic acids is 1. The van der Waals surface area contributed by atoms with Crippen molar-refractivity contribution in [1.82, 2.24) is 10.6 Å². The Hall–Kier alpha value is -0.570. The fourth-order valence-corrected chi connectivity index (χ4v) is 3.04. The second-order valence-corrected chi connectivity index (χ2v) is 5.92. The summed E-state index contributed by atoms with van der Waals surface area (Å²) in [5.41, 5.74) is 0. The van der Waals surface area contributed by atoms with E-state index in [1.807, 2.05) is 0 Å². The molecule has 1 saturated heterocycles. The molecule has 2 fully saturated rings. The van der Waals surface area contributed by atoms with Gasteiger partial charge in [0.2, 0.25) is 5.91 Å². The zero-order valence-electron chi connectivity index (χ0n) is 11.0. The molecule has 0 radical (unpaired) electrons. The van der Waals surface area contributed by atoms with Crippen LogP contribution in [0.15, 0.2) is 0 Å². The van der Waals surface area contributed by atoms with Crippen molar-refractivity contribution in [2.45, 2.75) is 57.9 Å². The molecule has 3 nitrogen and oxygen atoms in total. The van der Waals surface area contributed by atoms with Crippen molar-refractivity contribution < 1.29 is 4.79 Å². The summed E-state index contributed by atoms with van der Waals surface area (Å²) in [5, 5.41) is 6.57. The summed E-state index contributed by atoms with van der Waals surface area (Å²) in [6.07, 6.45) is 7.98. The molecule has 0 aromatic rings. The monoisotopic (exact) mass is 238 g/mol. The number of amides is 1. The van der Waals surface area contributed by atoms with Crippen LogP contribution in [0.4, 0.5) is 0 Å². The summed E-state index contributed by atoms with van der Waals surface area (Å²) in [6.45, 7) is 4.48. The Balaban J connectivity index is 1.66. The third-order valence-electron chi connectivity index (χ3n) is 4.31. The minimum Gasteiger partial charge on any atom is -0.353 e. The summed E-state index contributed by atoms with van der Waals surface area (Å²) in [6, 6.07) is 0.459. The van der Waals surface area contributed by atoms with Crippen molar-refractivity contribution in [2.24, 2.45) is 11.8 Å². The van der Waals surface area contributed by atoms with Crippen molar-refractivity contribution >= 4 is 5.91 Å². The van der Waals surface area contributed by atoms with Crippen LogP contribution in [-0.4, -0.2) is 25.0 Å². The summed E-state index contributed by atoms with van der Waals surface area (Å²) < 4.78 is 0. The van der Waals surface area contributed by atoms with E-state index < -0.39 is 0 Å². The SMILES string of the molecule is CC1CCC(NC(=O)CC2CCNCC2)CC1. The van der Waals surface area contributed by atoms with Crippen LogP contribution in [0.2, 0.25) is 0 Å². The van der Waals surface area contributed by atoms with Crippen LogP contribution in [0, 0.1) is 11.8 Å². The van der Waals surface area contributed by atoms with Crippen molar-refractivity contribution in [2.75, 3.05) is 13.1 Å². The highest BCUT2D eigenvalue weighted by molar-refractivity contribution is 5.76. The average molecular weight is 238 g/mol. The minimum atomic E-state index is 0.288. The lowest BCUT2D eigenvalue weighted by molar-refractivity contribution is -0.123. The summed E-state index contributed by atoms with van der Waals surface area (Å²) >= 11 is 0. The molecule has 3 heteroatoms. The van der Waals surface area contributed by atoms with Crippen LogP contribution in [0.25, 0.3) is 0 Å². The molecule has 0 aromatic heterocycles. The van der Waals surface area contributed by atoms with Crippen molar-refractivity contribution in [1.29, 1.82) is 0 Å². The van der Waals surface area contributed by atoms with E-state index in [0.29, 0.717) is 12.0 Å².